The summed E-state index contributed by atoms with van der Waals surface area (Å²) in [5.74, 6) is 0.746. The van der Waals surface area contributed by atoms with Gasteiger partial charge in [-0.25, -0.2) is 0 Å². The van der Waals surface area contributed by atoms with Gasteiger partial charge in [-0.1, -0.05) is 31.5 Å². The quantitative estimate of drug-likeness (QED) is 0.708. The lowest BCUT2D eigenvalue weighted by atomic mass is 10.3. The first-order chi connectivity index (χ1) is 6.83. The summed E-state index contributed by atoms with van der Waals surface area (Å²) in [6.45, 7) is 2.08. The third kappa shape index (κ3) is 4.25. The molecule has 1 aromatic carbocycles. The van der Waals surface area contributed by atoms with Crippen molar-refractivity contribution in [2.75, 3.05) is 6.79 Å². The number of para-hydroxylation sites is 1. The molecule has 14 heavy (non-hydrogen) atoms. The number of hydrogen-bond donors (Lipinski definition) is 1. The van der Waals surface area contributed by atoms with Crippen molar-refractivity contribution in [2.24, 2.45) is 0 Å². The van der Waals surface area contributed by atoms with Crippen molar-refractivity contribution in [3.8, 4) is 5.75 Å². The summed E-state index contributed by atoms with van der Waals surface area (Å²) in [7, 11) is 0. The van der Waals surface area contributed by atoms with E-state index < -0.39 is 6.29 Å². The summed E-state index contributed by atoms with van der Waals surface area (Å²) >= 11 is 0. The van der Waals surface area contributed by atoms with Gasteiger partial charge in [0.05, 0.1) is 0 Å². The van der Waals surface area contributed by atoms with Crippen LogP contribution >= 0.6 is 0 Å². The van der Waals surface area contributed by atoms with E-state index in [0.29, 0.717) is 6.42 Å². The molecule has 0 saturated heterocycles. The van der Waals surface area contributed by atoms with Gasteiger partial charge >= 0.3 is 0 Å². The Bertz CT molecular complexity index is 236. The zero-order chi connectivity index (χ0) is 10.2. The van der Waals surface area contributed by atoms with Crippen molar-refractivity contribution in [1.29, 1.82) is 0 Å². The van der Waals surface area contributed by atoms with E-state index in [9.17, 15) is 5.11 Å². The molecule has 1 unspecified atom stereocenters. The SMILES string of the molecule is CCCC(O)OCOc1ccccc1. The molecule has 3 nitrogen and oxygen atoms in total. The molecule has 0 spiro atoms. The topological polar surface area (TPSA) is 38.7 Å². The summed E-state index contributed by atoms with van der Waals surface area (Å²) in [6.07, 6.45) is 0.814. The molecule has 78 valence electrons. The predicted octanol–water partition coefficient (Wildman–Crippen LogP) is 2.16. The van der Waals surface area contributed by atoms with E-state index in [-0.39, 0.29) is 6.79 Å². The average molecular weight is 196 g/mol. The minimum absolute atomic E-state index is 0.0885. The number of ether oxygens (including phenoxy) is 2. The predicted molar refractivity (Wildman–Crippen MR) is 53.9 cm³/mol. The number of hydrogen-bond acceptors (Lipinski definition) is 3. The molecule has 0 aliphatic rings. The maximum absolute atomic E-state index is 9.22. The van der Waals surface area contributed by atoms with Crippen LogP contribution in [0.1, 0.15) is 19.8 Å². The van der Waals surface area contributed by atoms with Gasteiger partial charge in [0, 0.05) is 0 Å². The molecular weight excluding hydrogens is 180 g/mol. The molecule has 0 aliphatic heterocycles. The van der Waals surface area contributed by atoms with E-state index in [2.05, 4.69) is 0 Å². The number of aliphatic hydroxyl groups excluding tert-OH is 1. The fourth-order valence-electron chi connectivity index (χ4n) is 1.03. The highest BCUT2D eigenvalue weighted by atomic mass is 16.7. The second-order valence-corrected chi connectivity index (χ2v) is 2.99. The Morgan fingerprint density at radius 1 is 1.29 bits per heavy atom. The molecule has 0 heterocycles. The van der Waals surface area contributed by atoms with Crippen LogP contribution in [0.3, 0.4) is 0 Å². The lowest BCUT2D eigenvalue weighted by Gasteiger charge is -2.11. The van der Waals surface area contributed by atoms with E-state index in [4.69, 9.17) is 9.47 Å². The highest BCUT2D eigenvalue weighted by Crippen LogP contribution is 2.08. The fraction of sp³-hybridized carbons (Fsp3) is 0.455. The Hall–Kier alpha value is -1.06. The molecule has 0 fully saturated rings. The normalized spacial score (nSPS) is 12.4. The summed E-state index contributed by atoms with van der Waals surface area (Å²) in [4.78, 5) is 0. The zero-order valence-corrected chi connectivity index (χ0v) is 8.35. The second kappa shape index (κ2) is 6.40. The minimum Gasteiger partial charge on any atom is -0.467 e. The van der Waals surface area contributed by atoms with Gasteiger partial charge in [-0.2, -0.15) is 0 Å². The van der Waals surface area contributed by atoms with Gasteiger partial charge in [0.2, 0.25) is 0 Å². The van der Waals surface area contributed by atoms with Crippen LogP contribution < -0.4 is 4.74 Å². The minimum atomic E-state index is -0.719. The maximum Gasteiger partial charge on any atom is 0.191 e. The Morgan fingerprint density at radius 3 is 2.64 bits per heavy atom. The molecule has 0 bridgehead atoms. The average Bonchev–Trinajstić information content (AvgIpc) is 2.20. The van der Waals surface area contributed by atoms with E-state index in [1.807, 2.05) is 37.3 Å². The smallest absolute Gasteiger partial charge is 0.191 e. The van der Waals surface area contributed by atoms with Crippen LogP contribution in [-0.2, 0) is 4.74 Å². The molecule has 0 radical (unpaired) electrons. The van der Waals surface area contributed by atoms with Gasteiger partial charge in [0.25, 0.3) is 0 Å². The monoisotopic (exact) mass is 196 g/mol. The Morgan fingerprint density at radius 2 is 2.00 bits per heavy atom. The molecule has 1 aromatic rings. The third-order valence-electron chi connectivity index (χ3n) is 1.76. The zero-order valence-electron chi connectivity index (χ0n) is 8.35. The molecule has 0 saturated carbocycles. The Balaban J connectivity index is 2.16. The van der Waals surface area contributed by atoms with E-state index in [0.717, 1.165) is 12.2 Å². The van der Waals surface area contributed by atoms with Crippen molar-refractivity contribution in [2.45, 2.75) is 26.1 Å². The lowest BCUT2D eigenvalue weighted by molar-refractivity contribution is -0.145. The van der Waals surface area contributed by atoms with Crippen molar-refractivity contribution < 1.29 is 14.6 Å². The van der Waals surface area contributed by atoms with Gasteiger partial charge in [0.15, 0.2) is 13.1 Å². The largest absolute Gasteiger partial charge is 0.467 e. The number of benzene rings is 1. The van der Waals surface area contributed by atoms with Crippen LogP contribution in [0.5, 0.6) is 5.75 Å². The van der Waals surface area contributed by atoms with Crippen LogP contribution in [0.15, 0.2) is 30.3 Å². The van der Waals surface area contributed by atoms with Crippen LogP contribution in [-0.4, -0.2) is 18.2 Å². The molecule has 0 amide bonds. The van der Waals surface area contributed by atoms with Gasteiger partial charge in [-0.3, -0.25) is 0 Å². The van der Waals surface area contributed by atoms with Crippen molar-refractivity contribution in [3.05, 3.63) is 30.3 Å². The fourth-order valence-corrected chi connectivity index (χ4v) is 1.03. The summed E-state index contributed by atoms with van der Waals surface area (Å²) in [6, 6.07) is 9.38. The van der Waals surface area contributed by atoms with Gasteiger partial charge in [0.1, 0.15) is 5.75 Å². The van der Waals surface area contributed by atoms with E-state index in [1.54, 1.807) is 0 Å². The van der Waals surface area contributed by atoms with Gasteiger partial charge in [-0.15, -0.1) is 0 Å². The molecule has 0 aliphatic carbocycles. The summed E-state index contributed by atoms with van der Waals surface area (Å²) < 4.78 is 10.3. The van der Waals surface area contributed by atoms with Crippen molar-refractivity contribution in [1.82, 2.24) is 0 Å². The lowest BCUT2D eigenvalue weighted by Crippen LogP contribution is -2.15. The number of rotatable bonds is 6. The Kier molecular flexibility index (Phi) is 5.04. The van der Waals surface area contributed by atoms with Crippen LogP contribution in [0.25, 0.3) is 0 Å². The first-order valence-electron chi connectivity index (χ1n) is 4.80. The molecule has 0 aromatic heterocycles. The molecule has 1 N–H and O–H groups in total. The summed E-state index contributed by atoms with van der Waals surface area (Å²) in [5, 5.41) is 9.22. The highest BCUT2D eigenvalue weighted by Gasteiger charge is 2.01. The maximum atomic E-state index is 9.22. The first-order valence-corrected chi connectivity index (χ1v) is 4.80. The standard InChI is InChI=1S/C11H16O3/c1-2-6-11(12)14-9-13-10-7-4-3-5-8-10/h3-5,7-8,11-12H,2,6,9H2,1H3. The molecule has 3 heteroatoms. The van der Waals surface area contributed by atoms with Crippen LogP contribution in [0.2, 0.25) is 0 Å². The first kappa shape index (κ1) is 11.0. The highest BCUT2D eigenvalue weighted by molar-refractivity contribution is 5.20. The van der Waals surface area contributed by atoms with Gasteiger partial charge < -0.3 is 14.6 Å². The van der Waals surface area contributed by atoms with Crippen LogP contribution in [0, 0.1) is 0 Å². The third-order valence-corrected chi connectivity index (χ3v) is 1.76. The Labute approximate surface area is 84.3 Å². The van der Waals surface area contributed by atoms with Crippen LogP contribution in [0.4, 0.5) is 0 Å². The molecule has 1 rings (SSSR count). The van der Waals surface area contributed by atoms with E-state index >= 15 is 0 Å². The van der Waals surface area contributed by atoms with E-state index in [1.165, 1.54) is 0 Å². The van der Waals surface area contributed by atoms with Crippen molar-refractivity contribution in [3.63, 3.8) is 0 Å². The van der Waals surface area contributed by atoms with Gasteiger partial charge in [-0.05, 0) is 18.6 Å². The summed E-state index contributed by atoms with van der Waals surface area (Å²) in [5.41, 5.74) is 0. The number of aliphatic hydroxyl groups is 1. The van der Waals surface area contributed by atoms with Crippen molar-refractivity contribution >= 4 is 0 Å². The second-order valence-electron chi connectivity index (χ2n) is 2.99. The molecular formula is C11H16O3. The molecule has 1 atom stereocenters.